The Bertz CT molecular complexity index is 147. The quantitative estimate of drug-likeness (QED) is 0.672. The number of nitrogens with zero attached hydrogens (tertiary/aromatic N) is 1. The minimum absolute atomic E-state index is 0.519. The molecule has 0 N–H and O–H groups in total. The van der Waals surface area contributed by atoms with E-state index >= 15 is 0 Å². The van der Waals surface area contributed by atoms with Crippen LogP contribution >= 0.6 is 0 Å². The van der Waals surface area contributed by atoms with Crippen LogP contribution in [0.5, 0.6) is 0 Å². The predicted molar refractivity (Wildman–Crippen MR) is 65.2 cm³/mol. The van der Waals surface area contributed by atoms with Gasteiger partial charge in [-0.15, -0.1) is 0 Å². The molecule has 1 rings (SSSR count). The average Bonchev–Trinajstić information content (AvgIpc) is 2.29. The molecule has 0 bridgehead atoms. The second-order valence-electron chi connectivity index (χ2n) is 4.70. The molecule has 2 nitrogen and oxygen atoms in total. The van der Waals surface area contributed by atoms with Crippen molar-refractivity contribution < 1.29 is 4.74 Å². The molecule has 1 heterocycles. The molecule has 90 valence electrons. The normalized spacial score (nSPS) is 20.0. The fraction of sp³-hybridized carbons (Fsp3) is 1.00. The Morgan fingerprint density at radius 1 is 1.13 bits per heavy atom. The molecule has 0 aromatic rings. The fourth-order valence-corrected chi connectivity index (χ4v) is 2.65. The van der Waals surface area contributed by atoms with Crippen molar-refractivity contribution in [3.63, 3.8) is 0 Å². The van der Waals surface area contributed by atoms with Crippen LogP contribution in [0, 0.1) is 0 Å². The van der Waals surface area contributed by atoms with Gasteiger partial charge in [-0.05, 0) is 25.7 Å². The third-order valence-electron chi connectivity index (χ3n) is 3.57. The van der Waals surface area contributed by atoms with E-state index in [-0.39, 0.29) is 0 Å². The summed E-state index contributed by atoms with van der Waals surface area (Å²) in [6.45, 7) is 7.07. The molecule has 2 heteroatoms. The van der Waals surface area contributed by atoms with Crippen molar-refractivity contribution in [2.24, 2.45) is 0 Å². The molecular formula is C13H27NO. The summed E-state index contributed by atoms with van der Waals surface area (Å²) in [5.74, 6) is 0. The molecule has 1 saturated heterocycles. The summed E-state index contributed by atoms with van der Waals surface area (Å²) in [5, 5.41) is 0. The molecule has 1 fully saturated rings. The highest BCUT2D eigenvalue weighted by Crippen LogP contribution is 2.20. The van der Waals surface area contributed by atoms with E-state index in [0.717, 1.165) is 6.04 Å². The average molecular weight is 213 g/mol. The highest BCUT2D eigenvalue weighted by molar-refractivity contribution is 4.78. The molecule has 0 unspecified atom stereocenters. The molecule has 0 spiro atoms. The summed E-state index contributed by atoms with van der Waals surface area (Å²) < 4.78 is 5.41. The Hall–Kier alpha value is -0.0800. The van der Waals surface area contributed by atoms with Gasteiger partial charge in [0.1, 0.15) is 0 Å². The van der Waals surface area contributed by atoms with Gasteiger partial charge < -0.3 is 9.64 Å². The van der Waals surface area contributed by atoms with Gasteiger partial charge in [-0.2, -0.15) is 0 Å². The standard InChI is InChI=1S/C13H27NO/c1-4-6-12(7-5-2)14-10-8-13(15-3)9-11-14/h12-13H,4-11H2,1-3H3. The lowest BCUT2D eigenvalue weighted by Crippen LogP contribution is -2.43. The third-order valence-corrected chi connectivity index (χ3v) is 3.57. The maximum Gasteiger partial charge on any atom is 0.0595 e. The molecule has 15 heavy (non-hydrogen) atoms. The largest absolute Gasteiger partial charge is 0.381 e. The van der Waals surface area contributed by atoms with Crippen LogP contribution in [0.2, 0.25) is 0 Å². The van der Waals surface area contributed by atoms with E-state index in [9.17, 15) is 0 Å². The van der Waals surface area contributed by atoms with Crippen molar-refractivity contribution in [3.8, 4) is 0 Å². The predicted octanol–water partition coefficient (Wildman–Crippen LogP) is 3.07. The summed E-state index contributed by atoms with van der Waals surface area (Å²) >= 11 is 0. The third kappa shape index (κ3) is 4.12. The first-order valence-electron chi connectivity index (χ1n) is 6.58. The van der Waals surface area contributed by atoms with E-state index in [1.54, 1.807) is 0 Å². The number of methoxy groups -OCH3 is 1. The molecular weight excluding hydrogens is 186 g/mol. The highest BCUT2D eigenvalue weighted by Gasteiger charge is 2.23. The number of rotatable bonds is 6. The van der Waals surface area contributed by atoms with E-state index in [1.165, 1.54) is 51.6 Å². The maximum atomic E-state index is 5.41. The summed E-state index contributed by atoms with van der Waals surface area (Å²) in [6.07, 6.45) is 8.33. The van der Waals surface area contributed by atoms with E-state index in [4.69, 9.17) is 4.74 Å². The van der Waals surface area contributed by atoms with Gasteiger partial charge in [-0.1, -0.05) is 26.7 Å². The SMILES string of the molecule is CCCC(CCC)N1CCC(OC)CC1. The highest BCUT2D eigenvalue weighted by atomic mass is 16.5. The van der Waals surface area contributed by atoms with E-state index in [1.807, 2.05) is 7.11 Å². The van der Waals surface area contributed by atoms with Gasteiger partial charge in [0.15, 0.2) is 0 Å². The molecule has 0 atom stereocenters. The molecule has 0 saturated carbocycles. The number of hydrogen-bond donors (Lipinski definition) is 0. The Balaban J connectivity index is 2.34. The van der Waals surface area contributed by atoms with Crippen molar-refractivity contribution >= 4 is 0 Å². The van der Waals surface area contributed by atoms with Crippen LogP contribution in [0.1, 0.15) is 52.4 Å². The van der Waals surface area contributed by atoms with Crippen LogP contribution in [0.3, 0.4) is 0 Å². The van der Waals surface area contributed by atoms with Crippen LogP contribution in [0.25, 0.3) is 0 Å². The summed E-state index contributed by atoms with van der Waals surface area (Å²) in [6, 6.07) is 0.831. The molecule has 1 aliphatic heterocycles. The lowest BCUT2D eigenvalue weighted by Gasteiger charge is -2.37. The molecule has 0 amide bonds. The van der Waals surface area contributed by atoms with Gasteiger partial charge in [-0.25, -0.2) is 0 Å². The Morgan fingerprint density at radius 3 is 2.07 bits per heavy atom. The van der Waals surface area contributed by atoms with Crippen LogP contribution in [0.15, 0.2) is 0 Å². The van der Waals surface area contributed by atoms with Crippen molar-refractivity contribution in [2.75, 3.05) is 20.2 Å². The molecule has 0 aromatic carbocycles. The van der Waals surface area contributed by atoms with Crippen LogP contribution < -0.4 is 0 Å². The molecule has 1 aliphatic rings. The zero-order chi connectivity index (χ0) is 11.1. The Labute approximate surface area is 95.0 Å². The second-order valence-corrected chi connectivity index (χ2v) is 4.70. The zero-order valence-electron chi connectivity index (χ0n) is 10.7. The number of ether oxygens (including phenoxy) is 1. The molecule has 0 aromatic heterocycles. The van der Waals surface area contributed by atoms with E-state index in [2.05, 4.69) is 18.7 Å². The monoisotopic (exact) mass is 213 g/mol. The van der Waals surface area contributed by atoms with Gasteiger partial charge in [-0.3, -0.25) is 0 Å². The van der Waals surface area contributed by atoms with Gasteiger partial charge >= 0.3 is 0 Å². The maximum absolute atomic E-state index is 5.41. The molecule has 0 aliphatic carbocycles. The first kappa shape index (κ1) is 13.0. The topological polar surface area (TPSA) is 12.5 Å². The number of likely N-dealkylation sites (tertiary alicyclic amines) is 1. The molecule has 0 radical (unpaired) electrons. The minimum Gasteiger partial charge on any atom is -0.381 e. The van der Waals surface area contributed by atoms with Crippen LogP contribution in [-0.2, 0) is 4.74 Å². The van der Waals surface area contributed by atoms with Crippen molar-refractivity contribution in [3.05, 3.63) is 0 Å². The number of hydrogen-bond acceptors (Lipinski definition) is 2. The van der Waals surface area contributed by atoms with Crippen molar-refractivity contribution in [1.29, 1.82) is 0 Å². The summed E-state index contributed by atoms with van der Waals surface area (Å²) in [7, 11) is 1.84. The van der Waals surface area contributed by atoms with Crippen molar-refractivity contribution in [1.82, 2.24) is 4.90 Å². The smallest absolute Gasteiger partial charge is 0.0595 e. The fourth-order valence-electron chi connectivity index (χ4n) is 2.65. The van der Waals surface area contributed by atoms with Gasteiger partial charge in [0.2, 0.25) is 0 Å². The van der Waals surface area contributed by atoms with Gasteiger partial charge in [0.05, 0.1) is 6.10 Å². The zero-order valence-corrected chi connectivity index (χ0v) is 10.7. The Morgan fingerprint density at radius 2 is 1.67 bits per heavy atom. The number of piperidine rings is 1. The van der Waals surface area contributed by atoms with Crippen LogP contribution in [0.4, 0.5) is 0 Å². The van der Waals surface area contributed by atoms with E-state index < -0.39 is 0 Å². The Kier molecular flexibility index (Phi) is 6.26. The minimum atomic E-state index is 0.519. The summed E-state index contributed by atoms with van der Waals surface area (Å²) in [5.41, 5.74) is 0. The van der Waals surface area contributed by atoms with Gasteiger partial charge in [0, 0.05) is 26.2 Å². The van der Waals surface area contributed by atoms with Crippen molar-refractivity contribution in [2.45, 2.75) is 64.5 Å². The first-order valence-corrected chi connectivity index (χ1v) is 6.58. The first-order chi connectivity index (χ1) is 7.31. The lowest BCUT2D eigenvalue weighted by molar-refractivity contribution is 0.0242. The van der Waals surface area contributed by atoms with E-state index in [0.29, 0.717) is 6.10 Å². The van der Waals surface area contributed by atoms with Crippen LogP contribution in [-0.4, -0.2) is 37.2 Å². The van der Waals surface area contributed by atoms with Gasteiger partial charge in [0.25, 0.3) is 0 Å². The lowest BCUT2D eigenvalue weighted by atomic mass is 10.00. The second kappa shape index (κ2) is 7.24. The summed E-state index contributed by atoms with van der Waals surface area (Å²) in [4.78, 5) is 2.68.